The topological polar surface area (TPSA) is 74.1 Å². The van der Waals surface area contributed by atoms with Crippen LogP contribution in [-0.2, 0) is 6.54 Å². The van der Waals surface area contributed by atoms with Crippen molar-refractivity contribution in [2.45, 2.75) is 34.2 Å². The lowest BCUT2D eigenvalue weighted by molar-refractivity contribution is 0.392. The number of hydrogen-bond acceptors (Lipinski definition) is 5. The predicted molar refractivity (Wildman–Crippen MR) is 80.8 cm³/mol. The molecular weight excluding hydrogens is 282 g/mol. The van der Waals surface area contributed by atoms with E-state index in [1.165, 1.54) is 0 Å². The van der Waals surface area contributed by atoms with Gasteiger partial charge in [-0.3, -0.25) is 4.79 Å². The number of nitrogens with zero attached hydrogens (tertiary/aromatic N) is 3. The normalized spacial score (nSPS) is 11.1. The molecule has 0 fully saturated rings. The van der Waals surface area contributed by atoms with Gasteiger partial charge in [-0.15, -0.1) is 0 Å². The number of aryl methyl sites for hydroxylation is 4. The minimum Gasteiger partial charge on any atom is -0.361 e. The second-order valence-electron chi connectivity index (χ2n) is 5.39. The van der Waals surface area contributed by atoms with Crippen molar-refractivity contribution in [3.05, 3.63) is 57.2 Å². The van der Waals surface area contributed by atoms with E-state index in [2.05, 4.69) is 10.3 Å². The fourth-order valence-electron chi connectivity index (χ4n) is 2.60. The van der Waals surface area contributed by atoms with E-state index >= 15 is 0 Å². The Hall–Kier alpha value is -2.63. The highest BCUT2D eigenvalue weighted by atomic mass is 16.5. The van der Waals surface area contributed by atoms with Gasteiger partial charge >= 0.3 is 0 Å². The summed E-state index contributed by atoms with van der Waals surface area (Å²) in [4.78, 5) is 12.1. The molecule has 0 spiro atoms. The molecule has 3 aromatic rings. The summed E-state index contributed by atoms with van der Waals surface area (Å²) in [5, 5.41) is 7.89. The molecule has 0 bridgehead atoms. The zero-order chi connectivity index (χ0) is 15.9. The Morgan fingerprint density at radius 1 is 1.00 bits per heavy atom. The number of hydrogen-bond donors (Lipinski definition) is 0. The first-order valence-electron chi connectivity index (χ1n) is 7.03. The van der Waals surface area contributed by atoms with Crippen molar-refractivity contribution in [2.24, 2.45) is 0 Å². The number of aromatic nitrogens is 3. The molecule has 0 aliphatic heterocycles. The van der Waals surface area contributed by atoms with Gasteiger partial charge in [0.1, 0.15) is 11.5 Å². The summed E-state index contributed by atoms with van der Waals surface area (Å²) >= 11 is 0. The molecule has 3 heterocycles. The van der Waals surface area contributed by atoms with E-state index in [9.17, 15) is 4.79 Å². The third kappa shape index (κ3) is 2.36. The summed E-state index contributed by atoms with van der Waals surface area (Å²) in [6.07, 6.45) is 1.82. The smallest absolute Gasteiger partial charge is 0.250 e. The molecule has 0 aliphatic carbocycles. The predicted octanol–water partition coefficient (Wildman–Crippen LogP) is 2.77. The van der Waals surface area contributed by atoms with E-state index in [1.54, 1.807) is 16.7 Å². The van der Waals surface area contributed by atoms with Crippen molar-refractivity contribution in [3.63, 3.8) is 0 Å². The average molecular weight is 299 g/mol. The molecule has 0 N–H and O–H groups in total. The zero-order valence-corrected chi connectivity index (χ0v) is 13.0. The van der Waals surface area contributed by atoms with Crippen molar-refractivity contribution in [1.29, 1.82) is 0 Å². The van der Waals surface area contributed by atoms with Crippen molar-refractivity contribution in [3.8, 4) is 11.1 Å². The lowest BCUT2D eigenvalue weighted by atomic mass is 10.1. The Morgan fingerprint density at radius 2 is 1.68 bits per heavy atom. The summed E-state index contributed by atoms with van der Waals surface area (Å²) in [5.41, 5.74) is 4.29. The summed E-state index contributed by atoms with van der Waals surface area (Å²) in [6, 6.07) is 3.35. The Kier molecular flexibility index (Phi) is 3.44. The maximum absolute atomic E-state index is 12.1. The van der Waals surface area contributed by atoms with Gasteiger partial charge in [0, 0.05) is 29.0 Å². The fourth-order valence-corrected chi connectivity index (χ4v) is 2.60. The summed E-state index contributed by atoms with van der Waals surface area (Å²) < 4.78 is 12.0. The quantitative estimate of drug-likeness (QED) is 0.743. The van der Waals surface area contributed by atoms with Crippen molar-refractivity contribution >= 4 is 0 Å². The molecule has 6 heteroatoms. The van der Waals surface area contributed by atoms with E-state index in [0.29, 0.717) is 6.54 Å². The lowest BCUT2D eigenvalue weighted by Gasteiger charge is -2.08. The van der Waals surface area contributed by atoms with Gasteiger partial charge in [-0.2, -0.15) is 0 Å². The summed E-state index contributed by atoms with van der Waals surface area (Å²) in [7, 11) is 0. The monoisotopic (exact) mass is 299 g/mol. The Labute approximate surface area is 127 Å². The van der Waals surface area contributed by atoms with Crippen molar-refractivity contribution in [2.75, 3.05) is 0 Å². The first-order valence-corrected chi connectivity index (χ1v) is 7.03. The van der Waals surface area contributed by atoms with E-state index < -0.39 is 0 Å². The number of pyridine rings is 1. The minimum absolute atomic E-state index is 0.0736. The lowest BCUT2D eigenvalue weighted by Crippen LogP contribution is -2.19. The van der Waals surface area contributed by atoms with Gasteiger partial charge in [0.2, 0.25) is 0 Å². The van der Waals surface area contributed by atoms with Gasteiger partial charge in [0.05, 0.1) is 17.9 Å². The first kappa shape index (κ1) is 14.3. The zero-order valence-electron chi connectivity index (χ0n) is 13.0. The third-order valence-corrected chi connectivity index (χ3v) is 3.82. The standard InChI is InChI=1S/C16H17N3O3/c1-9-14(11(3)21-17-9)8-19-7-13(5-6-15(19)20)16-10(2)18-22-12(16)4/h5-7H,8H2,1-4H3. The average Bonchev–Trinajstić information content (AvgIpc) is 2.98. The van der Waals surface area contributed by atoms with E-state index in [-0.39, 0.29) is 5.56 Å². The molecule has 22 heavy (non-hydrogen) atoms. The molecule has 0 aliphatic rings. The van der Waals surface area contributed by atoms with Crippen LogP contribution in [0.2, 0.25) is 0 Å². The van der Waals surface area contributed by atoms with Crippen LogP contribution in [0, 0.1) is 27.7 Å². The molecular formula is C16H17N3O3. The molecule has 3 aromatic heterocycles. The highest BCUT2D eigenvalue weighted by Gasteiger charge is 2.14. The molecule has 0 saturated heterocycles. The minimum atomic E-state index is -0.0736. The fraction of sp³-hybridized carbons (Fsp3) is 0.312. The molecule has 6 nitrogen and oxygen atoms in total. The summed E-state index contributed by atoms with van der Waals surface area (Å²) in [5.74, 6) is 1.46. The van der Waals surface area contributed by atoms with Crippen LogP contribution in [0.3, 0.4) is 0 Å². The van der Waals surface area contributed by atoms with Crippen LogP contribution >= 0.6 is 0 Å². The van der Waals surface area contributed by atoms with Crippen LogP contribution in [0.25, 0.3) is 11.1 Å². The third-order valence-electron chi connectivity index (χ3n) is 3.82. The van der Waals surface area contributed by atoms with Crippen LogP contribution in [0.1, 0.15) is 28.5 Å². The highest BCUT2D eigenvalue weighted by Crippen LogP contribution is 2.26. The highest BCUT2D eigenvalue weighted by molar-refractivity contribution is 5.66. The van der Waals surface area contributed by atoms with Gasteiger partial charge < -0.3 is 13.6 Å². The largest absolute Gasteiger partial charge is 0.361 e. The van der Waals surface area contributed by atoms with E-state index in [0.717, 1.165) is 39.6 Å². The van der Waals surface area contributed by atoms with Gasteiger partial charge in [0.25, 0.3) is 5.56 Å². The SMILES string of the molecule is Cc1noc(C)c1Cn1cc(-c2c(C)noc2C)ccc1=O. The molecule has 0 saturated carbocycles. The molecule has 0 unspecified atom stereocenters. The Bertz CT molecular complexity index is 847. The molecule has 0 amide bonds. The summed E-state index contributed by atoms with van der Waals surface area (Å²) in [6.45, 7) is 7.89. The number of rotatable bonds is 3. The van der Waals surface area contributed by atoms with Gasteiger partial charge in [0.15, 0.2) is 0 Å². The Morgan fingerprint density at radius 3 is 2.27 bits per heavy atom. The maximum Gasteiger partial charge on any atom is 0.250 e. The van der Waals surface area contributed by atoms with Crippen molar-refractivity contribution < 1.29 is 9.05 Å². The van der Waals surface area contributed by atoms with Gasteiger partial charge in [-0.1, -0.05) is 10.3 Å². The van der Waals surface area contributed by atoms with Crippen LogP contribution in [0.4, 0.5) is 0 Å². The van der Waals surface area contributed by atoms with E-state index in [4.69, 9.17) is 9.05 Å². The van der Waals surface area contributed by atoms with E-state index in [1.807, 2.05) is 33.9 Å². The maximum atomic E-state index is 12.1. The molecule has 0 aromatic carbocycles. The van der Waals surface area contributed by atoms with Crippen LogP contribution < -0.4 is 5.56 Å². The van der Waals surface area contributed by atoms with Crippen LogP contribution in [-0.4, -0.2) is 14.9 Å². The Balaban J connectivity index is 2.06. The molecule has 3 rings (SSSR count). The molecule has 0 atom stereocenters. The second-order valence-corrected chi connectivity index (χ2v) is 5.39. The second kappa shape index (κ2) is 5.29. The van der Waals surface area contributed by atoms with Gasteiger partial charge in [-0.25, -0.2) is 0 Å². The van der Waals surface area contributed by atoms with Gasteiger partial charge in [-0.05, 0) is 33.8 Å². The van der Waals surface area contributed by atoms with Crippen molar-refractivity contribution in [1.82, 2.24) is 14.9 Å². The van der Waals surface area contributed by atoms with Crippen LogP contribution in [0.15, 0.2) is 32.2 Å². The molecule has 114 valence electrons. The first-order chi connectivity index (χ1) is 10.5. The molecule has 0 radical (unpaired) electrons. The van der Waals surface area contributed by atoms with Crippen LogP contribution in [0.5, 0.6) is 0 Å².